The second kappa shape index (κ2) is 6.40. The Labute approximate surface area is 103 Å². The molecule has 0 aliphatic rings. The lowest BCUT2D eigenvalue weighted by molar-refractivity contribution is -0.121. The molecule has 3 heteroatoms. The van der Waals surface area contributed by atoms with Gasteiger partial charge in [-0.1, -0.05) is 18.2 Å². The molecular formula is C14H22N2O. The molecule has 0 bridgehead atoms. The number of hydrogen-bond donors (Lipinski definition) is 2. The molecule has 0 saturated carbocycles. The lowest BCUT2D eigenvalue weighted by atomic mass is 10.0. The number of nitrogens with one attached hydrogen (secondary N) is 1. The molecule has 1 unspecified atom stereocenters. The average Bonchev–Trinajstić information content (AvgIpc) is 2.22. The van der Waals surface area contributed by atoms with E-state index in [-0.39, 0.29) is 11.9 Å². The molecule has 0 aliphatic heterocycles. The maximum absolute atomic E-state index is 11.4. The third-order valence-electron chi connectivity index (χ3n) is 2.81. The van der Waals surface area contributed by atoms with E-state index < -0.39 is 0 Å². The lowest BCUT2D eigenvalue weighted by Gasteiger charge is -2.08. The second-order valence-electron chi connectivity index (χ2n) is 4.70. The van der Waals surface area contributed by atoms with Gasteiger partial charge >= 0.3 is 0 Å². The summed E-state index contributed by atoms with van der Waals surface area (Å²) in [6.07, 6.45) is 1.26. The summed E-state index contributed by atoms with van der Waals surface area (Å²) in [4.78, 5) is 11.4. The van der Waals surface area contributed by atoms with E-state index in [0.29, 0.717) is 13.0 Å². The molecule has 0 heterocycles. The van der Waals surface area contributed by atoms with Crippen LogP contribution >= 0.6 is 0 Å². The fourth-order valence-electron chi connectivity index (χ4n) is 1.67. The number of rotatable bonds is 5. The SMILES string of the molecule is Cc1ccc(CCNC(=O)CC(C)N)cc1C. The molecule has 0 fully saturated rings. The van der Waals surface area contributed by atoms with Crippen molar-refractivity contribution in [2.45, 2.75) is 39.7 Å². The predicted octanol–water partition coefficient (Wildman–Crippen LogP) is 1.70. The molecule has 17 heavy (non-hydrogen) atoms. The largest absolute Gasteiger partial charge is 0.356 e. The van der Waals surface area contributed by atoms with Crippen molar-refractivity contribution < 1.29 is 4.79 Å². The van der Waals surface area contributed by atoms with Crippen molar-refractivity contribution in [3.63, 3.8) is 0 Å². The summed E-state index contributed by atoms with van der Waals surface area (Å²) in [5, 5.41) is 2.88. The number of benzene rings is 1. The molecule has 3 N–H and O–H groups in total. The number of hydrogen-bond acceptors (Lipinski definition) is 2. The van der Waals surface area contributed by atoms with E-state index in [1.165, 1.54) is 16.7 Å². The smallest absolute Gasteiger partial charge is 0.221 e. The van der Waals surface area contributed by atoms with Gasteiger partial charge in [-0.05, 0) is 43.9 Å². The fourth-order valence-corrected chi connectivity index (χ4v) is 1.67. The first-order valence-corrected chi connectivity index (χ1v) is 6.07. The molecule has 1 aromatic carbocycles. The number of carbonyl (C=O) groups excluding carboxylic acids is 1. The molecule has 94 valence electrons. The van der Waals surface area contributed by atoms with E-state index in [0.717, 1.165) is 6.42 Å². The van der Waals surface area contributed by atoms with Gasteiger partial charge in [0.2, 0.25) is 5.91 Å². The maximum atomic E-state index is 11.4. The van der Waals surface area contributed by atoms with Gasteiger partial charge in [-0.3, -0.25) is 4.79 Å². The zero-order chi connectivity index (χ0) is 12.8. The molecule has 0 radical (unpaired) electrons. The molecule has 1 atom stereocenters. The topological polar surface area (TPSA) is 55.1 Å². The van der Waals surface area contributed by atoms with Crippen molar-refractivity contribution in [3.05, 3.63) is 34.9 Å². The molecule has 0 aliphatic carbocycles. The predicted molar refractivity (Wildman–Crippen MR) is 70.9 cm³/mol. The first-order chi connectivity index (χ1) is 7.99. The Morgan fingerprint density at radius 3 is 2.65 bits per heavy atom. The summed E-state index contributed by atoms with van der Waals surface area (Å²) in [5.41, 5.74) is 9.41. The molecule has 1 amide bonds. The maximum Gasteiger partial charge on any atom is 0.221 e. The van der Waals surface area contributed by atoms with Gasteiger partial charge in [-0.2, -0.15) is 0 Å². The van der Waals surface area contributed by atoms with Crippen molar-refractivity contribution in [1.29, 1.82) is 0 Å². The minimum Gasteiger partial charge on any atom is -0.356 e. The number of nitrogens with two attached hydrogens (primary N) is 1. The third-order valence-corrected chi connectivity index (χ3v) is 2.81. The minimum absolute atomic E-state index is 0.0313. The van der Waals surface area contributed by atoms with Crippen LogP contribution in [0, 0.1) is 13.8 Å². The Balaban J connectivity index is 2.36. The normalized spacial score (nSPS) is 12.2. The van der Waals surface area contributed by atoms with Gasteiger partial charge in [0.1, 0.15) is 0 Å². The highest BCUT2D eigenvalue weighted by Gasteiger charge is 2.04. The summed E-state index contributed by atoms with van der Waals surface area (Å²) < 4.78 is 0. The summed E-state index contributed by atoms with van der Waals surface area (Å²) in [5.74, 6) is 0.0313. The highest BCUT2D eigenvalue weighted by Crippen LogP contribution is 2.09. The van der Waals surface area contributed by atoms with Crippen LogP contribution in [0.25, 0.3) is 0 Å². The van der Waals surface area contributed by atoms with Crippen LogP contribution < -0.4 is 11.1 Å². The zero-order valence-corrected chi connectivity index (χ0v) is 10.9. The number of aryl methyl sites for hydroxylation is 2. The first-order valence-electron chi connectivity index (χ1n) is 6.07. The lowest BCUT2D eigenvalue weighted by Crippen LogP contribution is -2.31. The fraction of sp³-hybridized carbons (Fsp3) is 0.500. The molecule has 0 saturated heterocycles. The quantitative estimate of drug-likeness (QED) is 0.814. The van der Waals surface area contributed by atoms with Crippen molar-refractivity contribution >= 4 is 5.91 Å². The van der Waals surface area contributed by atoms with Crippen LogP contribution in [-0.2, 0) is 11.2 Å². The molecule has 1 rings (SSSR count). The van der Waals surface area contributed by atoms with E-state index >= 15 is 0 Å². The number of amides is 1. The Kier molecular flexibility index (Phi) is 5.16. The van der Waals surface area contributed by atoms with Crippen molar-refractivity contribution in [1.82, 2.24) is 5.32 Å². The van der Waals surface area contributed by atoms with E-state index in [1.807, 2.05) is 6.92 Å². The van der Waals surface area contributed by atoms with E-state index in [9.17, 15) is 4.79 Å². The van der Waals surface area contributed by atoms with Crippen LogP contribution in [0.3, 0.4) is 0 Å². The van der Waals surface area contributed by atoms with Crippen LogP contribution in [0.2, 0.25) is 0 Å². The number of carbonyl (C=O) groups is 1. The first kappa shape index (κ1) is 13.7. The molecule has 0 spiro atoms. The Hall–Kier alpha value is -1.35. The van der Waals surface area contributed by atoms with Crippen LogP contribution in [0.4, 0.5) is 0 Å². The van der Waals surface area contributed by atoms with Gasteiger partial charge in [0, 0.05) is 19.0 Å². The van der Waals surface area contributed by atoms with Crippen molar-refractivity contribution in [2.24, 2.45) is 5.73 Å². The Bertz CT molecular complexity index is 386. The van der Waals surface area contributed by atoms with Crippen LogP contribution in [0.5, 0.6) is 0 Å². The van der Waals surface area contributed by atoms with Crippen molar-refractivity contribution in [3.8, 4) is 0 Å². The molecule has 3 nitrogen and oxygen atoms in total. The van der Waals surface area contributed by atoms with Gasteiger partial charge < -0.3 is 11.1 Å². The monoisotopic (exact) mass is 234 g/mol. The minimum atomic E-state index is -0.0726. The summed E-state index contributed by atoms with van der Waals surface area (Å²) in [7, 11) is 0. The molecular weight excluding hydrogens is 212 g/mol. The standard InChI is InChI=1S/C14H22N2O/c1-10-4-5-13(8-11(10)2)6-7-16-14(17)9-12(3)15/h4-5,8,12H,6-7,9,15H2,1-3H3,(H,16,17). The summed E-state index contributed by atoms with van der Waals surface area (Å²) in [6, 6.07) is 6.33. The summed E-state index contributed by atoms with van der Waals surface area (Å²) in [6.45, 7) is 6.72. The van der Waals surface area contributed by atoms with E-state index in [4.69, 9.17) is 5.73 Å². The second-order valence-corrected chi connectivity index (χ2v) is 4.70. The van der Waals surface area contributed by atoms with Crippen LogP contribution in [0.1, 0.15) is 30.0 Å². The van der Waals surface area contributed by atoms with E-state index in [2.05, 4.69) is 37.4 Å². The molecule has 0 aromatic heterocycles. The zero-order valence-electron chi connectivity index (χ0n) is 10.9. The van der Waals surface area contributed by atoms with Crippen LogP contribution in [0.15, 0.2) is 18.2 Å². The molecule has 1 aromatic rings. The summed E-state index contributed by atoms with van der Waals surface area (Å²) >= 11 is 0. The Morgan fingerprint density at radius 2 is 2.06 bits per heavy atom. The van der Waals surface area contributed by atoms with Gasteiger partial charge in [0.25, 0.3) is 0 Å². The van der Waals surface area contributed by atoms with Crippen LogP contribution in [-0.4, -0.2) is 18.5 Å². The average molecular weight is 234 g/mol. The Morgan fingerprint density at radius 1 is 1.35 bits per heavy atom. The van der Waals surface area contributed by atoms with Gasteiger partial charge in [0.15, 0.2) is 0 Å². The van der Waals surface area contributed by atoms with Gasteiger partial charge in [0.05, 0.1) is 0 Å². The van der Waals surface area contributed by atoms with Gasteiger partial charge in [-0.25, -0.2) is 0 Å². The highest BCUT2D eigenvalue weighted by molar-refractivity contribution is 5.76. The van der Waals surface area contributed by atoms with Crippen molar-refractivity contribution in [2.75, 3.05) is 6.54 Å². The van der Waals surface area contributed by atoms with E-state index in [1.54, 1.807) is 0 Å². The third kappa shape index (κ3) is 5.00. The van der Waals surface area contributed by atoms with Gasteiger partial charge in [-0.15, -0.1) is 0 Å². The highest BCUT2D eigenvalue weighted by atomic mass is 16.1.